The highest BCUT2D eigenvalue weighted by Gasteiger charge is 2.50. The normalized spacial score (nSPS) is 31.5. The van der Waals surface area contributed by atoms with Crippen molar-refractivity contribution in [3.63, 3.8) is 0 Å². The minimum absolute atomic E-state index is 0.361. The fourth-order valence-corrected chi connectivity index (χ4v) is 2.19. The summed E-state index contributed by atoms with van der Waals surface area (Å²) in [5.41, 5.74) is 1.86. The molecule has 0 N–H and O–H groups in total. The van der Waals surface area contributed by atoms with Crippen LogP contribution in [0.25, 0.3) is 0 Å². The first-order valence-electron chi connectivity index (χ1n) is 5.10. The topological polar surface area (TPSA) is 3.01 Å². The SMILES string of the molecule is C/C=C\C1=CCC=CN2CC12CC. The van der Waals surface area contributed by atoms with Gasteiger partial charge < -0.3 is 4.90 Å². The van der Waals surface area contributed by atoms with E-state index in [9.17, 15) is 0 Å². The second-order valence-corrected chi connectivity index (χ2v) is 3.79. The summed E-state index contributed by atoms with van der Waals surface area (Å²) in [4.78, 5) is 2.44. The molecule has 1 unspecified atom stereocenters. The summed E-state index contributed by atoms with van der Waals surface area (Å²) in [6.45, 7) is 5.57. The zero-order valence-electron chi connectivity index (χ0n) is 8.46. The smallest absolute Gasteiger partial charge is 0.0818 e. The average Bonchev–Trinajstić information content (AvgIpc) is 2.85. The Hall–Kier alpha value is -0.980. The molecule has 2 heterocycles. The molecule has 0 amide bonds. The highest BCUT2D eigenvalue weighted by molar-refractivity contribution is 5.41. The van der Waals surface area contributed by atoms with Crippen molar-refractivity contribution in [1.82, 2.24) is 4.90 Å². The molecule has 13 heavy (non-hydrogen) atoms. The van der Waals surface area contributed by atoms with Crippen molar-refractivity contribution >= 4 is 0 Å². The van der Waals surface area contributed by atoms with Gasteiger partial charge in [-0.3, -0.25) is 0 Å². The Kier molecular flexibility index (Phi) is 2.03. The van der Waals surface area contributed by atoms with Crippen LogP contribution in [0, 0.1) is 0 Å². The van der Waals surface area contributed by atoms with Gasteiger partial charge in [-0.05, 0) is 31.5 Å². The van der Waals surface area contributed by atoms with Crippen LogP contribution >= 0.6 is 0 Å². The second-order valence-electron chi connectivity index (χ2n) is 3.79. The van der Waals surface area contributed by atoms with Gasteiger partial charge in [-0.25, -0.2) is 0 Å². The Labute approximate surface area is 80.4 Å². The highest BCUT2D eigenvalue weighted by Crippen LogP contribution is 2.44. The van der Waals surface area contributed by atoms with Crippen LogP contribution in [-0.4, -0.2) is 17.0 Å². The maximum atomic E-state index is 2.44. The van der Waals surface area contributed by atoms with E-state index in [4.69, 9.17) is 0 Å². The number of hydrogen-bond acceptors (Lipinski definition) is 1. The molecule has 0 bridgehead atoms. The van der Waals surface area contributed by atoms with Gasteiger partial charge in [0.15, 0.2) is 0 Å². The summed E-state index contributed by atoms with van der Waals surface area (Å²) in [7, 11) is 0. The van der Waals surface area contributed by atoms with Crippen LogP contribution < -0.4 is 0 Å². The molecular weight excluding hydrogens is 158 g/mol. The minimum Gasteiger partial charge on any atom is -0.364 e. The Balaban J connectivity index is 2.29. The van der Waals surface area contributed by atoms with Crippen molar-refractivity contribution in [2.24, 2.45) is 0 Å². The van der Waals surface area contributed by atoms with E-state index in [0.717, 1.165) is 6.42 Å². The molecule has 0 aromatic rings. The summed E-state index contributed by atoms with van der Waals surface area (Å²) >= 11 is 0. The maximum Gasteiger partial charge on any atom is 0.0818 e. The van der Waals surface area contributed by atoms with Crippen molar-refractivity contribution < 1.29 is 0 Å². The fourth-order valence-electron chi connectivity index (χ4n) is 2.19. The Morgan fingerprint density at radius 3 is 3.15 bits per heavy atom. The molecule has 2 aliphatic rings. The fraction of sp³-hybridized carbons (Fsp3) is 0.500. The van der Waals surface area contributed by atoms with Crippen molar-refractivity contribution in [3.8, 4) is 0 Å². The molecule has 0 radical (unpaired) electrons. The van der Waals surface area contributed by atoms with E-state index in [-0.39, 0.29) is 0 Å². The summed E-state index contributed by atoms with van der Waals surface area (Å²) < 4.78 is 0. The largest absolute Gasteiger partial charge is 0.364 e. The summed E-state index contributed by atoms with van der Waals surface area (Å²) in [6, 6.07) is 0. The van der Waals surface area contributed by atoms with Crippen LogP contribution in [-0.2, 0) is 0 Å². The predicted octanol–water partition coefficient (Wildman–Crippen LogP) is 2.87. The van der Waals surface area contributed by atoms with E-state index in [2.05, 4.69) is 49.3 Å². The quantitative estimate of drug-likeness (QED) is 0.583. The van der Waals surface area contributed by atoms with Gasteiger partial charge in [0, 0.05) is 6.54 Å². The number of hydrogen-bond donors (Lipinski definition) is 0. The molecule has 1 saturated heterocycles. The number of fused-ring (bicyclic) bond motifs is 1. The molecule has 0 aromatic carbocycles. The monoisotopic (exact) mass is 175 g/mol. The van der Waals surface area contributed by atoms with E-state index in [0.29, 0.717) is 5.54 Å². The zero-order valence-corrected chi connectivity index (χ0v) is 8.46. The van der Waals surface area contributed by atoms with Crippen molar-refractivity contribution in [2.45, 2.75) is 32.2 Å². The van der Waals surface area contributed by atoms with Crippen LogP contribution in [0.2, 0.25) is 0 Å². The van der Waals surface area contributed by atoms with Gasteiger partial charge >= 0.3 is 0 Å². The molecule has 70 valence electrons. The van der Waals surface area contributed by atoms with Gasteiger partial charge in [-0.2, -0.15) is 0 Å². The Bertz CT molecular complexity index is 285. The zero-order chi connectivity index (χ0) is 9.31. The number of nitrogens with zero attached hydrogens (tertiary/aromatic N) is 1. The Morgan fingerprint density at radius 2 is 2.46 bits per heavy atom. The maximum absolute atomic E-state index is 2.44. The molecule has 0 aliphatic carbocycles. The van der Waals surface area contributed by atoms with Gasteiger partial charge in [-0.1, -0.05) is 31.2 Å². The van der Waals surface area contributed by atoms with Crippen LogP contribution in [0.4, 0.5) is 0 Å². The number of allylic oxidation sites excluding steroid dienone is 3. The van der Waals surface area contributed by atoms with E-state index in [1.165, 1.54) is 18.5 Å². The molecule has 0 aromatic heterocycles. The predicted molar refractivity (Wildman–Crippen MR) is 56.4 cm³/mol. The lowest BCUT2D eigenvalue weighted by Crippen LogP contribution is -2.16. The van der Waals surface area contributed by atoms with Crippen molar-refractivity contribution in [2.75, 3.05) is 6.54 Å². The lowest BCUT2D eigenvalue weighted by Gasteiger charge is -2.14. The third kappa shape index (κ3) is 1.23. The molecule has 0 saturated carbocycles. The first-order chi connectivity index (χ1) is 6.33. The van der Waals surface area contributed by atoms with Crippen LogP contribution in [0.1, 0.15) is 26.7 Å². The molecule has 1 atom stereocenters. The molecule has 2 aliphatic heterocycles. The van der Waals surface area contributed by atoms with E-state index in [1.807, 2.05) is 0 Å². The molecule has 0 spiro atoms. The van der Waals surface area contributed by atoms with E-state index in [1.54, 1.807) is 0 Å². The minimum atomic E-state index is 0.361. The molecule has 2 rings (SSSR count). The molecule has 1 heteroatoms. The summed E-state index contributed by atoms with van der Waals surface area (Å²) in [5, 5.41) is 0. The standard InChI is InChI=1S/C12H17N/c1-3-7-11-8-5-6-9-13-10-12(11,13)4-2/h3,6-9H,4-5,10H2,1-2H3/b7-3-. The van der Waals surface area contributed by atoms with Crippen LogP contribution in [0.3, 0.4) is 0 Å². The van der Waals surface area contributed by atoms with Gasteiger partial charge in [0.1, 0.15) is 0 Å². The first kappa shape index (κ1) is 8.61. The van der Waals surface area contributed by atoms with Gasteiger partial charge in [0.05, 0.1) is 5.54 Å². The number of rotatable bonds is 2. The highest BCUT2D eigenvalue weighted by atomic mass is 15.3. The van der Waals surface area contributed by atoms with Crippen LogP contribution in [0.5, 0.6) is 0 Å². The van der Waals surface area contributed by atoms with E-state index < -0.39 is 0 Å². The summed E-state index contributed by atoms with van der Waals surface area (Å²) in [5.74, 6) is 0. The van der Waals surface area contributed by atoms with Crippen molar-refractivity contribution in [1.29, 1.82) is 0 Å². The molecular formula is C12H17N. The molecule has 1 fully saturated rings. The van der Waals surface area contributed by atoms with Gasteiger partial charge in [0.25, 0.3) is 0 Å². The third-order valence-electron chi connectivity index (χ3n) is 3.11. The van der Waals surface area contributed by atoms with Crippen molar-refractivity contribution in [3.05, 3.63) is 36.1 Å². The third-order valence-corrected chi connectivity index (χ3v) is 3.11. The summed E-state index contributed by atoms with van der Waals surface area (Å²) in [6.07, 6.45) is 13.5. The Morgan fingerprint density at radius 1 is 1.62 bits per heavy atom. The van der Waals surface area contributed by atoms with Crippen LogP contribution in [0.15, 0.2) is 36.1 Å². The lowest BCUT2D eigenvalue weighted by molar-refractivity contribution is 0.550. The first-order valence-corrected chi connectivity index (χ1v) is 5.10. The second kappa shape index (κ2) is 3.06. The van der Waals surface area contributed by atoms with Gasteiger partial charge in [0.2, 0.25) is 0 Å². The lowest BCUT2D eigenvalue weighted by atomic mass is 9.95. The molecule has 1 nitrogen and oxygen atoms in total. The average molecular weight is 175 g/mol. The van der Waals surface area contributed by atoms with E-state index >= 15 is 0 Å². The van der Waals surface area contributed by atoms with Gasteiger partial charge in [-0.15, -0.1) is 0 Å².